The first-order valence-electron chi connectivity index (χ1n) is 5.11. The van der Waals surface area contributed by atoms with Crippen LogP contribution in [0.3, 0.4) is 0 Å². The van der Waals surface area contributed by atoms with Crippen LogP contribution in [0.4, 0.5) is 0 Å². The quantitative estimate of drug-likeness (QED) is 0.743. The van der Waals surface area contributed by atoms with Crippen molar-refractivity contribution in [1.82, 2.24) is 5.32 Å². The van der Waals surface area contributed by atoms with E-state index in [1.54, 1.807) is 24.3 Å². The maximum atomic E-state index is 11.3. The Balaban J connectivity index is 2.61. The summed E-state index contributed by atoms with van der Waals surface area (Å²) in [6.45, 7) is 0.241. The van der Waals surface area contributed by atoms with Gasteiger partial charge in [0.05, 0.1) is 0 Å². The number of carbonyl (C=O) groups is 1. The average Bonchev–Trinajstić information content (AvgIpc) is 2.24. The van der Waals surface area contributed by atoms with Crippen molar-refractivity contribution in [1.29, 1.82) is 0 Å². The third-order valence-electron chi connectivity index (χ3n) is 2.09. The van der Waals surface area contributed by atoms with Crippen LogP contribution in [-0.2, 0) is 21.2 Å². The molecular weight excluding hydrogens is 272 g/mol. The van der Waals surface area contributed by atoms with Crippen molar-refractivity contribution >= 4 is 33.0 Å². The van der Waals surface area contributed by atoms with Gasteiger partial charge in [-0.05, 0) is 11.6 Å². The van der Waals surface area contributed by atoms with Crippen molar-refractivity contribution in [3.63, 3.8) is 0 Å². The molecule has 18 heavy (non-hydrogen) atoms. The molecule has 0 aliphatic rings. The molecule has 0 saturated heterocycles. The van der Waals surface area contributed by atoms with E-state index in [4.69, 9.17) is 18.0 Å². The molecule has 0 bridgehead atoms. The summed E-state index contributed by atoms with van der Waals surface area (Å²) in [5, 5.41) is 2.52. The summed E-state index contributed by atoms with van der Waals surface area (Å²) in [6.07, 6.45) is 1.01. The van der Waals surface area contributed by atoms with Crippen molar-refractivity contribution in [3.8, 4) is 0 Å². The average molecular weight is 286 g/mol. The van der Waals surface area contributed by atoms with E-state index < -0.39 is 21.5 Å². The molecular formula is C11H14N2O3S2. The van der Waals surface area contributed by atoms with Gasteiger partial charge in [0.25, 0.3) is 0 Å². The molecule has 0 aliphatic carbocycles. The molecule has 3 N–H and O–H groups in total. The second-order valence-electron chi connectivity index (χ2n) is 3.91. The van der Waals surface area contributed by atoms with Gasteiger partial charge in [0.15, 0.2) is 9.84 Å². The Kier molecular flexibility index (Phi) is 4.80. The van der Waals surface area contributed by atoms with Crippen LogP contribution in [-0.4, -0.2) is 31.3 Å². The highest BCUT2D eigenvalue weighted by molar-refractivity contribution is 7.91. The second-order valence-corrected chi connectivity index (χ2v) is 6.49. The van der Waals surface area contributed by atoms with Gasteiger partial charge < -0.3 is 11.1 Å². The van der Waals surface area contributed by atoms with Crippen molar-refractivity contribution in [2.45, 2.75) is 6.54 Å². The van der Waals surface area contributed by atoms with E-state index in [0.29, 0.717) is 5.56 Å². The van der Waals surface area contributed by atoms with Gasteiger partial charge in [-0.2, -0.15) is 0 Å². The van der Waals surface area contributed by atoms with Crippen LogP contribution < -0.4 is 11.1 Å². The molecule has 0 spiro atoms. The maximum Gasteiger partial charge on any atom is 0.235 e. The summed E-state index contributed by atoms with van der Waals surface area (Å²) in [5.74, 6) is -1.04. The number of thiocarbonyl (C=S) groups is 1. The second kappa shape index (κ2) is 5.92. The van der Waals surface area contributed by atoms with Gasteiger partial charge in [-0.25, -0.2) is 8.42 Å². The molecule has 7 heteroatoms. The lowest BCUT2D eigenvalue weighted by Crippen LogP contribution is -2.29. The molecule has 98 valence electrons. The zero-order valence-electron chi connectivity index (χ0n) is 9.84. The Labute approximate surface area is 111 Å². The van der Waals surface area contributed by atoms with Gasteiger partial charge in [-0.15, -0.1) is 0 Å². The number of carbonyl (C=O) groups excluding carboxylic acids is 1. The normalized spacial score (nSPS) is 10.9. The summed E-state index contributed by atoms with van der Waals surface area (Å²) in [5.41, 5.74) is 7.00. The summed E-state index contributed by atoms with van der Waals surface area (Å²) < 4.78 is 21.8. The SMILES string of the molecule is CS(=O)(=O)CC(=O)NCc1cccc(C(N)=S)c1. The van der Waals surface area contributed by atoms with Gasteiger partial charge in [0.1, 0.15) is 10.7 Å². The highest BCUT2D eigenvalue weighted by atomic mass is 32.2. The summed E-state index contributed by atoms with van der Waals surface area (Å²) in [6, 6.07) is 7.09. The minimum Gasteiger partial charge on any atom is -0.389 e. The zero-order valence-corrected chi connectivity index (χ0v) is 11.5. The highest BCUT2D eigenvalue weighted by Crippen LogP contribution is 2.05. The first-order chi connectivity index (χ1) is 8.28. The van der Waals surface area contributed by atoms with E-state index in [2.05, 4.69) is 5.32 Å². The molecule has 0 saturated carbocycles. The Morgan fingerprint density at radius 2 is 2.11 bits per heavy atom. The molecule has 0 atom stereocenters. The lowest BCUT2D eigenvalue weighted by atomic mass is 10.1. The Morgan fingerprint density at radius 3 is 2.67 bits per heavy atom. The minimum absolute atomic E-state index is 0.241. The van der Waals surface area contributed by atoms with E-state index in [1.165, 1.54) is 0 Å². The summed E-state index contributed by atoms with van der Waals surface area (Å²) >= 11 is 4.84. The van der Waals surface area contributed by atoms with Gasteiger partial charge in [-0.3, -0.25) is 4.79 Å². The van der Waals surface area contributed by atoms with Crippen molar-refractivity contribution in [2.75, 3.05) is 12.0 Å². The van der Waals surface area contributed by atoms with Gasteiger partial charge in [-0.1, -0.05) is 30.4 Å². The fraction of sp³-hybridized carbons (Fsp3) is 0.273. The van der Waals surface area contributed by atoms with E-state index >= 15 is 0 Å². The monoisotopic (exact) mass is 286 g/mol. The molecule has 5 nitrogen and oxygen atoms in total. The Morgan fingerprint density at radius 1 is 1.44 bits per heavy atom. The number of nitrogens with two attached hydrogens (primary N) is 1. The van der Waals surface area contributed by atoms with Crippen LogP contribution in [0.2, 0.25) is 0 Å². The molecule has 0 heterocycles. The number of hydrogen-bond donors (Lipinski definition) is 2. The minimum atomic E-state index is -3.30. The fourth-order valence-corrected chi connectivity index (χ4v) is 2.03. The predicted molar refractivity (Wildman–Crippen MR) is 73.9 cm³/mol. The van der Waals surface area contributed by atoms with Gasteiger partial charge in [0.2, 0.25) is 5.91 Å². The van der Waals surface area contributed by atoms with E-state index in [1.807, 2.05) is 0 Å². The van der Waals surface area contributed by atoms with Crippen LogP contribution in [0.25, 0.3) is 0 Å². The van der Waals surface area contributed by atoms with E-state index in [0.717, 1.165) is 11.8 Å². The molecule has 1 amide bonds. The van der Waals surface area contributed by atoms with Crippen LogP contribution in [0, 0.1) is 0 Å². The smallest absolute Gasteiger partial charge is 0.235 e. The number of amides is 1. The highest BCUT2D eigenvalue weighted by Gasteiger charge is 2.10. The number of benzene rings is 1. The van der Waals surface area contributed by atoms with Crippen molar-refractivity contribution < 1.29 is 13.2 Å². The Hall–Kier alpha value is -1.47. The fourth-order valence-electron chi connectivity index (χ4n) is 1.32. The molecule has 1 aromatic carbocycles. The van der Waals surface area contributed by atoms with E-state index in [9.17, 15) is 13.2 Å². The first kappa shape index (κ1) is 14.6. The molecule has 0 aliphatic heterocycles. The summed E-state index contributed by atoms with van der Waals surface area (Å²) in [4.78, 5) is 11.6. The number of sulfone groups is 1. The van der Waals surface area contributed by atoms with Crippen LogP contribution in [0.1, 0.15) is 11.1 Å². The third-order valence-corrected chi connectivity index (χ3v) is 3.12. The topological polar surface area (TPSA) is 89.3 Å². The zero-order chi connectivity index (χ0) is 13.8. The van der Waals surface area contributed by atoms with Crippen LogP contribution in [0.15, 0.2) is 24.3 Å². The molecule has 1 rings (SSSR count). The lowest BCUT2D eigenvalue weighted by Gasteiger charge is -2.06. The van der Waals surface area contributed by atoms with Crippen LogP contribution >= 0.6 is 12.2 Å². The maximum absolute atomic E-state index is 11.3. The summed E-state index contributed by atoms with van der Waals surface area (Å²) in [7, 11) is -3.30. The standard InChI is InChI=1S/C11H14N2O3S2/c1-18(15,16)7-10(14)13-6-8-3-2-4-9(5-8)11(12)17/h2-5H,6-7H2,1H3,(H2,12,17)(H,13,14). The molecule has 0 radical (unpaired) electrons. The third kappa shape index (κ3) is 5.24. The molecule has 0 aromatic heterocycles. The van der Waals surface area contributed by atoms with E-state index in [-0.39, 0.29) is 11.5 Å². The van der Waals surface area contributed by atoms with Crippen molar-refractivity contribution in [2.24, 2.45) is 5.73 Å². The number of rotatable bonds is 5. The largest absolute Gasteiger partial charge is 0.389 e. The first-order valence-corrected chi connectivity index (χ1v) is 7.58. The number of hydrogen-bond acceptors (Lipinski definition) is 4. The van der Waals surface area contributed by atoms with Crippen molar-refractivity contribution in [3.05, 3.63) is 35.4 Å². The Bertz CT molecular complexity index is 567. The predicted octanol–water partition coefficient (Wildman–Crippen LogP) is -0.0184. The van der Waals surface area contributed by atoms with Crippen LogP contribution in [0.5, 0.6) is 0 Å². The molecule has 1 aromatic rings. The number of nitrogens with one attached hydrogen (secondary N) is 1. The van der Waals surface area contributed by atoms with Gasteiger partial charge >= 0.3 is 0 Å². The molecule has 0 fully saturated rings. The molecule has 0 unspecified atom stereocenters. The van der Waals surface area contributed by atoms with Gasteiger partial charge in [0, 0.05) is 18.4 Å². The lowest BCUT2D eigenvalue weighted by molar-refractivity contribution is -0.118.